The zero-order valence-electron chi connectivity index (χ0n) is 21.4. The number of nitrogens with zero attached hydrogens (tertiary/aromatic N) is 1. The molecular weight excluding hydrogens is 596 g/mol. The fourth-order valence-corrected chi connectivity index (χ4v) is 8.27. The molecule has 4 aromatic rings. The quantitative estimate of drug-likeness (QED) is 0.147. The van der Waals surface area contributed by atoms with Crippen LogP contribution in [0.3, 0.4) is 0 Å². The number of amides is 1. The fourth-order valence-electron chi connectivity index (χ4n) is 4.75. The highest BCUT2D eigenvalue weighted by molar-refractivity contribution is 8.04. The summed E-state index contributed by atoms with van der Waals surface area (Å²) in [6, 6.07) is 25.1. The van der Waals surface area contributed by atoms with E-state index in [1.165, 1.54) is 39.8 Å². The number of carbonyl (C=O) groups excluding carboxylic acids is 2. The number of fused-ring (bicyclic) bond motifs is 2. The predicted molar refractivity (Wildman–Crippen MR) is 167 cm³/mol. The third-order valence-corrected chi connectivity index (χ3v) is 10.4. The van der Waals surface area contributed by atoms with E-state index in [0.717, 1.165) is 20.0 Å². The zero-order chi connectivity index (χ0) is 28.5. The van der Waals surface area contributed by atoms with Crippen molar-refractivity contribution < 1.29 is 14.3 Å². The van der Waals surface area contributed by atoms with Crippen LogP contribution in [0, 0.1) is 0 Å². The molecule has 2 atom stereocenters. The Labute approximate surface area is 253 Å². The van der Waals surface area contributed by atoms with Crippen LogP contribution in [0.2, 0.25) is 5.02 Å². The highest BCUT2D eigenvalue weighted by Crippen LogP contribution is 2.41. The van der Waals surface area contributed by atoms with Crippen molar-refractivity contribution in [3.63, 3.8) is 0 Å². The maximum atomic E-state index is 13.8. The standard InChI is InChI=1S/C31H23ClN2O4S3/c32-21-11-12-22-23(35)16-25(41-24(22)15-21)39-14-13-20-17-40-30-26(33)29(36)34(30)27(20)31(37)38-28(18-7-3-1-4-8-18)19-9-5-2-6-10-19/h1-16,26,28,30H,17,33H2/t26-,30+/m1/s1. The minimum absolute atomic E-state index is 0.0844. The van der Waals surface area contributed by atoms with E-state index in [1.54, 1.807) is 30.3 Å². The first kappa shape index (κ1) is 27.8. The number of allylic oxidation sites excluding steroid dienone is 1. The van der Waals surface area contributed by atoms with Gasteiger partial charge in [0.25, 0.3) is 0 Å². The third-order valence-electron chi connectivity index (χ3n) is 6.78. The molecular formula is C31H23ClN2O4S3. The number of nitrogens with two attached hydrogens (primary N) is 1. The van der Waals surface area contributed by atoms with E-state index in [4.69, 9.17) is 22.1 Å². The van der Waals surface area contributed by atoms with E-state index in [2.05, 4.69) is 0 Å². The number of β-lactam (4-membered cyclic amide) rings is 1. The van der Waals surface area contributed by atoms with Gasteiger partial charge < -0.3 is 10.5 Å². The van der Waals surface area contributed by atoms with Gasteiger partial charge in [-0.15, -0.1) is 23.1 Å². The van der Waals surface area contributed by atoms with Crippen molar-refractivity contribution in [3.05, 3.63) is 134 Å². The number of carbonyl (C=O) groups is 2. The largest absolute Gasteiger partial charge is 0.448 e. The first-order valence-electron chi connectivity index (χ1n) is 12.7. The summed E-state index contributed by atoms with van der Waals surface area (Å²) in [6.45, 7) is 0. The Morgan fingerprint density at radius 1 is 1.02 bits per heavy atom. The van der Waals surface area contributed by atoms with Crippen molar-refractivity contribution in [2.75, 3.05) is 5.75 Å². The Morgan fingerprint density at radius 2 is 1.71 bits per heavy atom. The summed E-state index contributed by atoms with van der Waals surface area (Å²) in [6.07, 6.45) is 1.15. The zero-order valence-corrected chi connectivity index (χ0v) is 24.6. The van der Waals surface area contributed by atoms with Gasteiger partial charge in [0.15, 0.2) is 11.5 Å². The van der Waals surface area contributed by atoms with Gasteiger partial charge in [-0.25, -0.2) is 4.79 Å². The van der Waals surface area contributed by atoms with E-state index < -0.39 is 18.1 Å². The molecule has 2 aliphatic rings. The van der Waals surface area contributed by atoms with Crippen LogP contribution in [0.4, 0.5) is 0 Å². The van der Waals surface area contributed by atoms with Crippen molar-refractivity contribution in [3.8, 4) is 0 Å². The number of benzene rings is 3. The lowest BCUT2D eigenvalue weighted by atomic mass is 10.0. The smallest absolute Gasteiger partial charge is 0.356 e. The maximum Gasteiger partial charge on any atom is 0.356 e. The highest BCUT2D eigenvalue weighted by atomic mass is 35.5. The molecule has 0 aliphatic carbocycles. The molecule has 6 nitrogen and oxygen atoms in total. The van der Waals surface area contributed by atoms with Crippen LogP contribution >= 0.6 is 46.5 Å². The van der Waals surface area contributed by atoms with Gasteiger partial charge in [-0.05, 0) is 46.4 Å². The second-order valence-electron chi connectivity index (χ2n) is 9.41. The molecule has 0 unspecified atom stereocenters. The number of hydrogen-bond donors (Lipinski definition) is 1. The number of thioether (sulfide) groups is 2. The number of ether oxygens (including phenoxy) is 1. The minimum Gasteiger partial charge on any atom is -0.448 e. The van der Waals surface area contributed by atoms with Crippen molar-refractivity contribution >= 4 is 68.4 Å². The van der Waals surface area contributed by atoms with Crippen molar-refractivity contribution in [1.29, 1.82) is 0 Å². The lowest BCUT2D eigenvalue weighted by Crippen LogP contribution is -2.68. The molecule has 41 heavy (non-hydrogen) atoms. The number of hydrogen-bond acceptors (Lipinski definition) is 8. The van der Waals surface area contributed by atoms with E-state index in [-0.39, 0.29) is 22.4 Å². The summed E-state index contributed by atoms with van der Waals surface area (Å²) in [5.74, 6) is -0.426. The Kier molecular flexibility index (Phi) is 8.05. The summed E-state index contributed by atoms with van der Waals surface area (Å²) in [4.78, 5) is 40.7. The summed E-state index contributed by atoms with van der Waals surface area (Å²) in [7, 11) is 0. The van der Waals surface area contributed by atoms with Crippen molar-refractivity contribution in [2.24, 2.45) is 5.73 Å². The molecule has 1 aromatic heterocycles. The molecule has 3 aromatic carbocycles. The van der Waals surface area contributed by atoms with Crippen LogP contribution in [-0.2, 0) is 14.3 Å². The van der Waals surface area contributed by atoms with Gasteiger partial charge in [0, 0.05) is 26.9 Å². The van der Waals surface area contributed by atoms with Gasteiger partial charge in [0.05, 0.1) is 4.21 Å². The third kappa shape index (κ3) is 5.60. The monoisotopic (exact) mass is 618 g/mol. The maximum absolute atomic E-state index is 13.8. The van der Waals surface area contributed by atoms with Gasteiger partial charge in [-0.2, -0.15) is 0 Å². The molecule has 10 heteroatoms. The highest BCUT2D eigenvalue weighted by Gasteiger charge is 2.52. The summed E-state index contributed by atoms with van der Waals surface area (Å²) >= 11 is 10.5. The SMILES string of the molecule is N[C@@H]1C(=O)N2C(C(=O)OC(c3ccccc3)c3ccccc3)=C(C=CSc3cc(=O)c4ccc(Cl)cc4s3)CS[C@@H]12. The van der Waals surface area contributed by atoms with Gasteiger partial charge in [-0.3, -0.25) is 14.5 Å². The average Bonchev–Trinajstić information content (AvgIpc) is 2.99. The molecule has 2 N–H and O–H groups in total. The van der Waals surface area contributed by atoms with Crippen LogP contribution in [0.5, 0.6) is 0 Å². The summed E-state index contributed by atoms with van der Waals surface area (Å²) in [5, 5.41) is 2.68. The van der Waals surface area contributed by atoms with E-state index >= 15 is 0 Å². The molecule has 3 heterocycles. The molecule has 0 radical (unpaired) electrons. The lowest BCUT2D eigenvalue weighted by Gasteiger charge is -2.48. The molecule has 1 fully saturated rings. The van der Waals surface area contributed by atoms with Crippen LogP contribution < -0.4 is 11.2 Å². The Balaban J connectivity index is 1.32. The number of halogens is 1. The van der Waals surface area contributed by atoms with Crippen LogP contribution in [0.25, 0.3) is 10.1 Å². The second-order valence-corrected chi connectivity index (χ2v) is 13.2. The van der Waals surface area contributed by atoms with Gasteiger partial charge >= 0.3 is 5.97 Å². The average molecular weight is 619 g/mol. The fraction of sp³-hybridized carbons (Fsp3) is 0.129. The topological polar surface area (TPSA) is 89.7 Å². The number of esters is 1. The van der Waals surface area contributed by atoms with Gasteiger partial charge in [-0.1, -0.05) is 84.0 Å². The lowest BCUT2D eigenvalue weighted by molar-refractivity contribution is -0.153. The Morgan fingerprint density at radius 3 is 2.39 bits per heavy atom. The van der Waals surface area contributed by atoms with E-state index in [9.17, 15) is 14.4 Å². The summed E-state index contributed by atoms with van der Waals surface area (Å²) < 4.78 is 7.71. The minimum atomic E-state index is -0.663. The van der Waals surface area contributed by atoms with E-state index in [1.807, 2.05) is 66.1 Å². The molecule has 206 valence electrons. The predicted octanol–water partition coefficient (Wildman–Crippen LogP) is 6.35. The van der Waals surface area contributed by atoms with Gasteiger partial charge in [0.2, 0.25) is 5.91 Å². The molecule has 0 saturated carbocycles. The normalized spacial score (nSPS) is 18.6. The first-order chi connectivity index (χ1) is 19.9. The number of rotatable bonds is 7. The van der Waals surface area contributed by atoms with Crippen molar-refractivity contribution in [2.45, 2.75) is 21.7 Å². The first-order valence-corrected chi connectivity index (χ1v) is 15.8. The second kappa shape index (κ2) is 11.9. The van der Waals surface area contributed by atoms with E-state index in [0.29, 0.717) is 21.7 Å². The molecule has 1 saturated heterocycles. The molecule has 0 bridgehead atoms. The Bertz CT molecular complexity index is 1720. The van der Waals surface area contributed by atoms with Crippen LogP contribution in [0.1, 0.15) is 17.2 Å². The molecule has 6 rings (SSSR count). The molecule has 2 aliphatic heterocycles. The van der Waals surface area contributed by atoms with Gasteiger partial charge in [0.1, 0.15) is 17.1 Å². The molecule has 0 spiro atoms. The van der Waals surface area contributed by atoms with Crippen molar-refractivity contribution in [1.82, 2.24) is 4.90 Å². The molecule has 1 amide bonds. The van der Waals surface area contributed by atoms with Crippen LogP contribution in [-0.4, -0.2) is 33.9 Å². The van der Waals surface area contributed by atoms with Crippen LogP contribution in [0.15, 0.2) is 117 Å². The Hall–Kier alpha value is -3.34. The summed E-state index contributed by atoms with van der Waals surface area (Å²) in [5.41, 5.74) is 8.48.